The van der Waals surface area contributed by atoms with Gasteiger partial charge in [0.25, 0.3) is 0 Å². The average Bonchev–Trinajstić information content (AvgIpc) is 2.87. The van der Waals surface area contributed by atoms with E-state index in [1.54, 1.807) is 30.0 Å². The first-order chi connectivity index (χ1) is 17.0. The molecule has 3 aromatic carbocycles. The number of nitrogens with zero attached hydrogens (tertiary/aromatic N) is 1. The number of carbonyl (C=O) groups is 2. The van der Waals surface area contributed by atoms with Gasteiger partial charge in [0.15, 0.2) is 0 Å². The van der Waals surface area contributed by atoms with Crippen LogP contribution in [0.2, 0.25) is 5.02 Å². The summed E-state index contributed by atoms with van der Waals surface area (Å²) in [6.45, 7) is 2.51. The maximum atomic E-state index is 14.6. The molecule has 3 rings (SSSR count). The first-order valence-corrected chi connectivity index (χ1v) is 13.1. The van der Waals surface area contributed by atoms with E-state index in [0.717, 1.165) is 16.9 Å². The molecule has 0 aromatic heterocycles. The van der Waals surface area contributed by atoms with Crippen LogP contribution in [0.25, 0.3) is 0 Å². The Bertz CT molecular complexity index is 1100. The van der Waals surface area contributed by atoms with Crippen molar-refractivity contribution in [3.63, 3.8) is 0 Å². The van der Waals surface area contributed by atoms with Crippen LogP contribution in [0.5, 0.6) is 0 Å². The molecule has 0 bridgehead atoms. The molecule has 35 heavy (non-hydrogen) atoms. The molecule has 4 nitrogen and oxygen atoms in total. The van der Waals surface area contributed by atoms with Gasteiger partial charge in [-0.25, -0.2) is 4.39 Å². The zero-order valence-corrected chi connectivity index (χ0v) is 21.3. The zero-order chi connectivity index (χ0) is 25.0. The summed E-state index contributed by atoms with van der Waals surface area (Å²) in [5, 5.41) is 3.59. The molecule has 0 heterocycles. The summed E-state index contributed by atoms with van der Waals surface area (Å²) in [4.78, 5) is 29.3. The van der Waals surface area contributed by atoms with E-state index in [9.17, 15) is 14.0 Å². The van der Waals surface area contributed by atoms with Gasteiger partial charge in [0.05, 0.1) is 0 Å². The molecule has 0 aliphatic carbocycles. The van der Waals surface area contributed by atoms with Crippen molar-refractivity contribution in [1.82, 2.24) is 10.2 Å². The quantitative estimate of drug-likeness (QED) is 0.297. The molecule has 0 aliphatic rings. The number of nitrogens with one attached hydrogen (secondary N) is 1. The van der Waals surface area contributed by atoms with Crippen molar-refractivity contribution in [2.75, 3.05) is 12.3 Å². The van der Waals surface area contributed by atoms with Crippen LogP contribution in [0.15, 0.2) is 83.8 Å². The van der Waals surface area contributed by atoms with Crippen LogP contribution < -0.4 is 5.32 Å². The Labute approximate surface area is 215 Å². The highest BCUT2D eigenvalue weighted by Gasteiger charge is 2.30. The second-order valence-corrected chi connectivity index (χ2v) is 9.77. The zero-order valence-electron chi connectivity index (χ0n) is 19.8. The van der Waals surface area contributed by atoms with Gasteiger partial charge < -0.3 is 10.2 Å². The van der Waals surface area contributed by atoms with Crippen LogP contribution in [-0.2, 0) is 22.6 Å². The van der Waals surface area contributed by atoms with Gasteiger partial charge in [-0.3, -0.25) is 9.59 Å². The predicted molar refractivity (Wildman–Crippen MR) is 141 cm³/mol. The van der Waals surface area contributed by atoms with Crippen molar-refractivity contribution in [1.29, 1.82) is 0 Å². The van der Waals surface area contributed by atoms with Crippen LogP contribution in [0.4, 0.5) is 4.39 Å². The molecule has 0 aliphatic heterocycles. The number of rotatable bonds is 12. The van der Waals surface area contributed by atoms with Gasteiger partial charge in [0.1, 0.15) is 11.9 Å². The van der Waals surface area contributed by atoms with E-state index < -0.39 is 11.9 Å². The Hall–Kier alpha value is -2.83. The van der Waals surface area contributed by atoms with Gasteiger partial charge in [-0.05, 0) is 42.3 Å². The molecule has 0 saturated heterocycles. The van der Waals surface area contributed by atoms with Gasteiger partial charge in [-0.2, -0.15) is 0 Å². The number of carbonyl (C=O) groups excluding carboxylic acids is 2. The molecule has 3 aromatic rings. The number of halogens is 2. The van der Waals surface area contributed by atoms with Gasteiger partial charge in [-0.1, -0.05) is 67.1 Å². The van der Waals surface area contributed by atoms with E-state index in [4.69, 9.17) is 11.6 Å². The monoisotopic (exact) mass is 512 g/mol. The van der Waals surface area contributed by atoms with Crippen molar-refractivity contribution < 1.29 is 14.0 Å². The predicted octanol–water partition coefficient (Wildman–Crippen LogP) is 6.13. The topological polar surface area (TPSA) is 49.4 Å². The second kappa shape index (κ2) is 13.9. The van der Waals surface area contributed by atoms with Crippen molar-refractivity contribution in [2.24, 2.45) is 0 Å². The SMILES string of the molecule is CCCNC(=O)[C@@H](Cc1ccccc1)N(Cc1ccccc1F)C(=O)CCSc1ccc(Cl)cc1. The summed E-state index contributed by atoms with van der Waals surface area (Å²) in [6.07, 6.45) is 1.35. The molecule has 184 valence electrons. The molecule has 1 atom stereocenters. The normalized spacial score (nSPS) is 11.6. The summed E-state index contributed by atoms with van der Waals surface area (Å²) in [7, 11) is 0. The lowest BCUT2D eigenvalue weighted by Gasteiger charge is -2.31. The largest absolute Gasteiger partial charge is 0.354 e. The second-order valence-electron chi connectivity index (χ2n) is 8.16. The molecular formula is C28H30ClFN2O2S. The minimum atomic E-state index is -0.753. The maximum Gasteiger partial charge on any atom is 0.243 e. The number of thioether (sulfide) groups is 1. The van der Waals surface area contributed by atoms with Crippen molar-refractivity contribution in [2.45, 2.75) is 43.7 Å². The summed E-state index contributed by atoms with van der Waals surface area (Å²) >= 11 is 7.50. The Morgan fingerprint density at radius 1 is 1.00 bits per heavy atom. The Morgan fingerprint density at radius 3 is 2.37 bits per heavy atom. The van der Waals surface area contributed by atoms with Gasteiger partial charge in [0, 0.05) is 47.2 Å². The third kappa shape index (κ3) is 8.41. The lowest BCUT2D eigenvalue weighted by Crippen LogP contribution is -2.50. The number of hydrogen-bond donors (Lipinski definition) is 1. The van der Waals surface area contributed by atoms with Crippen molar-refractivity contribution in [3.05, 3.63) is 101 Å². The van der Waals surface area contributed by atoms with Gasteiger partial charge in [0.2, 0.25) is 11.8 Å². The smallest absolute Gasteiger partial charge is 0.243 e. The van der Waals surface area contributed by atoms with Crippen LogP contribution >= 0.6 is 23.4 Å². The molecule has 0 spiro atoms. The molecule has 0 unspecified atom stereocenters. The van der Waals surface area contributed by atoms with E-state index in [2.05, 4.69) is 5.32 Å². The summed E-state index contributed by atoms with van der Waals surface area (Å²) in [5.74, 6) is -0.288. The first kappa shape index (κ1) is 26.8. The van der Waals surface area contributed by atoms with Gasteiger partial charge >= 0.3 is 0 Å². The third-order valence-corrected chi connectivity index (χ3v) is 6.78. The number of benzene rings is 3. The number of amides is 2. The van der Waals surface area contributed by atoms with Crippen molar-refractivity contribution in [3.8, 4) is 0 Å². The van der Waals surface area contributed by atoms with E-state index in [1.165, 1.54) is 11.0 Å². The van der Waals surface area contributed by atoms with E-state index >= 15 is 0 Å². The van der Waals surface area contributed by atoms with E-state index in [1.807, 2.05) is 61.5 Å². The minimum Gasteiger partial charge on any atom is -0.354 e. The molecule has 0 fully saturated rings. The lowest BCUT2D eigenvalue weighted by molar-refractivity contribution is -0.141. The fourth-order valence-corrected chi connectivity index (χ4v) is 4.63. The third-order valence-electron chi connectivity index (χ3n) is 5.52. The van der Waals surface area contributed by atoms with Crippen LogP contribution in [0.3, 0.4) is 0 Å². The fraction of sp³-hybridized carbons (Fsp3) is 0.286. The van der Waals surface area contributed by atoms with Crippen LogP contribution in [-0.4, -0.2) is 35.1 Å². The molecule has 1 N–H and O–H groups in total. The Morgan fingerprint density at radius 2 is 1.69 bits per heavy atom. The summed E-state index contributed by atoms with van der Waals surface area (Å²) in [5.41, 5.74) is 1.32. The van der Waals surface area contributed by atoms with Crippen LogP contribution in [0.1, 0.15) is 30.9 Å². The van der Waals surface area contributed by atoms with Gasteiger partial charge in [-0.15, -0.1) is 11.8 Å². The lowest BCUT2D eigenvalue weighted by atomic mass is 10.0. The fourth-order valence-electron chi connectivity index (χ4n) is 3.66. The first-order valence-electron chi connectivity index (χ1n) is 11.7. The van der Waals surface area contributed by atoms with E-state index in [-0.39, 0.29) is 24.8 Å². The number of hydrogen-bond acceptors (Lipinski definition) is 3. The Kier molecular flexibility index (Phi) is 10.6. The molecule has 0 saturated carbocycles. The maximum absolute atomic E-state index is 14.6. The highest BCUT2D eigenvalue weighted by atomic mass is 35.5. The molecule has 2 amide bonds. The van der Waals surface area contributed by atoms with Crippen LogP contribution in [0, 0.1) is 5.82 Å². The standard InChI is InChI=1S/C28H30ClFN2O2S/c1-2-17-31-28(34)26(19-21-8-4-3-5-9-21)32(20-22-10-6-7-11-25(22)30)27(33)16-18-35-24-14-12-23(29)13-15-24/h3-15,26H,2,16-20H2,1H3,(H,31,34)/t26-/m1/s1. The summed E-state index contributed by atoms with van der Waals surface area (Å²) in [6, 6.07) is 22.6. The average molecular weight is 513 g/mol. The molecule has 7 heteroatoms. The minimum absolute atomic E-state index is 0.0220. The Balaban J connectivity index is 1.83. The highest BCUT2D eigenvalue weighted by molar-refractivity contribution is 7.99. The highest BCUT2D eigenvalue weighted by Crippen LogP contribution is 2.23. The summed E-state index contributed by atoms with van der Waals surface area (Å²) < 4.78 is 14.6. The van der Waals surface area contributed by atoms with Crippen molar-refractivity contribution >= 4 is 35.2 Å². The molecule has 0 radical (unpaired) electrons. The molecular weight excluding hydrogens is 483 g/mol. The van der Waals surface area contributed by atoms with E-state index in [0.29, 0.717) is 29.3 Å².